The van der Waals surface area contributed by atoms with Crippen LogP contribution >= 0.6 is 0 Å². The van der Waals surface area contributed by atoms with Crippen LogP contribution < -0.4 is 0 Å². The minimum atomic E-state index is 0.803. The summed E-state index contributed by atoms with van der Waals surface area (Å²) >= 11 is 0. The van der Waals surface area contributed by atoms with Crippen LogP contribution in [-0.4, -0.2) is 25.0 Å². The predicted octanol–water partition coefficient (Wildman–Crippen LogP) is 2.85. The monoisotopic (exact) mass is 179 g/mol. The van der Waals surface area contributed by atoms with Crippen LogP contribution in [0, 0.1) is 5.92 Å². The highest BCUT2D eigenvalue weighted by atomic mass is 15.1. The first kappa shape index (κ1) is 10.5. The van der Waals surface area contributed by atoms with Crippen LogP contribution in [0.2, 0.25) is 0 Å². The number of allylic oxidation sites excluding steroid dienone is 4. The maximum atomic E-state index is 2.42. The van der Waals surface area contributed by atoms with Gasteiger partial charge in [0.1, 0.15) is 0 Å². The molecule has 1 heteroatoms. The van der Waals surface area contributed by atoms with Gasteiger partial charge in [0.25, 0.3) is 0 Å². The Morgan fingerprint density at radius 1 is 1.23 bits per heavy atom. The van der Waals surface area contributed by atoms with E-state index in [1.54, 1.807) is 0 Å². The molecule has 1 fully saturated rings. The zero-order valence-electron chi connectivity index (χ0n) is 9.09. The SMILES string of the molecule is CC=CC(=CC)C1CCN(C)CC1. The van der Waals surface area contributed by atoms with Crippen molar-refractivity contribution in [2.75, 3.05) is 20.1 Å². The van der Waals surface area contributed by atoms with Crippen molar-refractivity contribution in [3.63, 3.8) is 0 Å². The molecule has 0 radical (unpaired) electrons. The lowest BCUT2D eigenvalue weighted by Crippen LogP contribution is -2.30. The van der Waals surface area contributed by atoms with Gasteiger partial charge in [0.05, 0.1) is 0 Å². The average Bonchev–Trinajstić information content (AvgIpc) is 2.16. The molecule has 1 nitrogen and oxygen atoms in total. The second-order valence-electron chi connectivity index (χ2n) is 3.87. The first-order valence-electron chi connectivity index (χ1n) is 5.25. The lowest BCUT2D eigenvalue weighted by atomic mass is 9.89. The molecule has 1 saturated heterocycles. The number of nitrogens with zero attached hydrogens (tertiary/aromatic N) is 1. The normalized spacial score (nSPS) is 22.8. The lowest BCUT2D eigenvalue weighted by Gasteiger charge is -2.29. The van der Waals surface area contributed by atoms with Crippen molar-refractivity contribution in [1.82, 2.24) is 4.90 Å². The van der Waals surface area contributed by atoms with Crippen LogP contribution in [0.4, 0.5) is 0 Å². The van der Waals surface area contributed by atoms with Crippen molar-refractivity contribution in [2.24, 2.45) is 5.92 Å². The zero-order valence-corrected chi connectivity index (χ0v) is 9.09. The van der Waals surface area contributed by atoms with Gasteiger partial charge in [0.2, 0.25) is 0 Å². The third-order valence-corrected chi connectivity index (χ3v) is 2.88. The first-order valence-corrected chi connectivity index (χ1v) is 5.25. The average molecular weight is 179 g/mol. The van der Waals surface area contributed by atoms with E-state index >= 15 is 0 Å². The Morgan fingerprint density at radius 3 is 2.31 bits per heavy atom. The van der Waals surface area contributed by atoms with Gasteiger partial charge in [-0.3, -0.25) is 0 Å². The molecular weight excluding hydrogens is 158 g/mol. The standard InChI is InChI=1S/C12H21N/c1-4-6-11(5-2)12-7-9-13(3)10-8-12/h4-6,12H,7-10H2,1-3H3. The van der Waals surface area contributed by atoms with Gasteiger partial charge in [-0.05, 0) is 58.3 Å². The van der Waals surface area contributed by atoms with Crippen molar-refractivity contribution in [2.45, 2.75) is 26.7 Å². The number of hydrogen-bond donors (Lipinski definition) is 0. The van der Waals surface area contributed by atoms with Crippen molar-refractivity contribution in [3.8, 4) is 0 Å². The maximum absolute atomic E-state index is 2.42. The van der Waals surface area contributed by atoms with E-state index in [2.05, 4.69) is 44.0 Å². The molecule has 0 N–H and O–H groups in total. The molecule has 0 aromatic rings. The Hall–Kier alpha value is -0.560. The van der Waals surface area contributed by atoms with Gasteiger partial charge in [0.15, 0.2) is 0 Å². The van der Waals surface area contributed by atoms with E-state index < -0.39 is 0 Å². The summed E-state index contributed by atoms with van der Waals surface area (Å²) in [5.41, 5.74) is 1.52. The van der Waals surface area contributed by atoms with Gasteiger partial charge in [0, 0.05) is 0 Å². The van der Waals surface area contributed by atoms with Gasteiger partial charge < -0.3 is 4.90 Å². The largest absolute Gasteiger partial charge is 0.306 e. The first-order chi connectivity index (χ1) is 6.27. The van der Waals surface area contributed by atoms with Gasteiger partial charge in [-0.2, -0.15) is 0 Å². The van der Waals surface area contributed by atoms with Crippen LogP contribution in [0.25, 0.3) is 0 Å². The van der Waals surface area contributed by atoms with Crippen molar-refractivity contribution < 1.29 is 0 Å². The molecule has 0 spiro atoms. The molecule has 1 heterocycles. The van der Waals surface area contributed by atoms with E-state index in [-0.39, 0.29) is 0 Å². The fourth-order valence-electron chi connectivity index (χ4n) is 2.00. The number of likely N-dealkylation sites (tertiary alicyclic amines) is 1. The fourth-order valence-corrected chi connectivity index (χ4v) is 2.00. The molecule has 13 heavy (non-hydrogen) atoms. The molecular formula is C12H21N. The highest BCUT2D eigenvalue weighted by Crippen LogP contribution is 2.24. The Labute approximate surface area is 82.1 Å². The molecule has 0 bridgehead atoms. The third-order valence-electron chi connectivity index (χ3n) is 2.88. The molecule has 1 rings (SSSR count). The second kappa shape index (κ2) is 5.23. The Balaban J connectivity index is 2.52. The minimum absolute atomic E-state index is 0.803. The summed E-state index contributed by atoms with van der Waals surface area (Å²) in [4.78, 5) is 2.42. The maximum Gasteiger partial charge on any atom is -0.00159 e. The van der Waals surface area contributed by atoms with Gasteiger partial charge in [-0.25, -0.2) is 0 Å². The third kappa shape index (κ3) is 3.00. The molecule has 0 saturated carbocycles. The van der Waals surface area contributed by atoms with E-state index in [1.807, 2.05) is 0 Å². The lowest BCUT2D eigenvalue weighted by molar-refractivity contribution is 0.240. The van der Waals surface area contributed by atoms with Crippen LogP contribution in [0.3, 0.4) is 0 Å². The van der Waals surface area contributed by atoms with E-state index in [4.69, 9.17) is 0 Å². The summed E-state index contributed by atoms with van der Waals surface area (Å²) in [6.07, 6.45) is 9.31. The van der Waals surface area contributed by atoms with Crippen molar-refractivity contribution >= 4 is 0 Å². The van der Waals surface area contributed by atoms with Gasteiger partial charge in [-0.15, -0.1) is 0 Å². The van der Waals surface area contributed by atoms with Crippen LogP contribution in [-0.2, 0) is 0 Å². The summed E-state index contributed by atoms with van der Waals surface area (Å²) in [6.45, 7) is 6.74. The zero-order chi connectivity index (χ0) is 9.68. The Bertz CT molecular complexity index is 195. The van der Waals surface area contributed by atoms with Crippen molar-refractivity contribution in [1.29, 1.82) is 0 Å². The molecule has 74 valence electrons. The molecule has 0 aromatic carbocycles. The second-order valence-corrected chi connectivity index (χ2v) is 3.87. The molecule has 0 aromatic heterocycles. The topological polar surface area (TPSA) is 3.24 Å². The van der Waals surface area contributed by atoms with E-state index in [0.29, 0.717) is 0 Å². The highest BCUT2D eigenvalue weighted by Gasteiger charge is 2.17. The van der Waals surface area contributed by atoms with Gasteiger partial charge in [-0.1, -0.05) is 18.2 Å². The van der Waals surface area contributed by atoms with Crippen molar-refractivity contribution in [3.05, 3.63) is 23.8 Å². The van der Waals surface area contributed by atoms with Gasteiger partial charge >= 0.3 is 0 Å². The minimum Gasteiger partial charge on any atom is -0.306 e. The molecule has 1 aliphatic heterocycles. The van der Waals surface area contributed by atoms with Crippen LogP contribution in [0.1, 0.15) is 26.7 Å². The summed E-state index contributed by atoms with van der Waals surface area (Å²) in [5.74, 6) is 0.803. The smallest absolute Gasteiger partial charge is 0.00159 e. The van der Waals surface area contributed by atoms with Crippen LogP contribution in [0.5, 0.6) is 0 Å². The van der Waals surface area contributed by atoms with E-state index in [0.717, 1.165) is 5.92 Å². The number of piperidine rings is 1. The Kier molecular flexibility index (Phi) is 4.23. The molecule has 0 atom stereocenters. The summed E-state index contributed by atoms with van der Waals surface area (Å²) < 4.78 is 0. The molecule has 1 aliphatic rings. The molecule has 0 aliphatic carbocycles. The van der Waals surface area contributed by atoms with E-state index in [1.165, 1.54) is 31.5 Å². The summed E-state index contributed by atoms with van der Waals surface area (Å²) in [6, 6.07) is 0. The number of hydrogen-bond acceptors (Lipinski definition) is 1. The highest BCUT2D eigenvalue weighted by molar-refractivity contribution is 5.21. The predicted molar refractivity (Wildman–Crippen MR) is 58.8 cm³/mol. The fraction of sp³-hybridized carbons (Fsp3) is 0.667. The molecule has 0 unspecified atom stereocenters. The summed E-state index contributed by atoms with van der Waals surface area (Å²) in [7, 11) is 2.21. The summed E-state index contributed by atoms with van der Waals surface area (Å²) in [5, 5.41) is 0. The number of rotatable bonds is 2. The Morgan fingerprint density at radius 2 is 1.85 bits per heavy atom. The quantitative estimate of drug-likeness (QED) is 0.589. The van der Waals surface area contributed by atoms with E-state index in [9.17, 15) is 0 Å². The van der Waals surface area contributed by atoms with Crippen LogP contribution in [0.15, 0.2) is 23.8 Å². The molecule has 0 amide bonds.